The van der Waals surface area contributed by atoms with E-state index in [1.165, 1.54) is 4.57 Å². The maximum atomic E-state index is 14.3. The molecule has 0 N–H and O–H groups in total. The second-order valence-corrected chi connectivity index (χ2v) is 11.2. The molecule has 1 aromatic heterocycles. The molecule has 0 radical (unpaired) electrons. The van der Waals surface area contributed by atoms with Crippen LogP contribution in [0.4, 0.5) is 5.69 Å². The number of carbonyl (C=O) groups is 2. The molecule has 212 valence electrons. The molecule has 0 saturated heterocycles. The number of carbonyl (C=O) groups excluding carboxylic acids is 2. The van der Waals surface area contributed by atoms with Crippen molar-refractivity contribution < 1.29 is 19.1 Å². The van der Waals surface area contributed by atoms with Crippen molar-refractivity contribution in [3.05, 3.63) is 125 Å². The standard InChI is InChI=1S/C32H26ClN3O5S/c1-4-41-31(39)25-18(2)34-32-36(27(25)19-13-15-21(40-3)16-14-19)30(38)28(42-32)26-22-10-6-8-12-24(22)35(29(26)37)17-20-9-5-7-11-23(20)33/h5-16,27H,4,17H2,1-3H3/b28-26+/t27-/m1/s1. The van der Waals surface area contributed by atoms with Gasteiger partial charge in [0.05, 0.1) is 48.8 Å². The average molecular weight is 600 g/mol. The van der Waals surface area contributed by atoms with Gasteiger partial charge in [-0.05, 0) is 49.2 Å². The fourth-order valence-corrected chi connectivity index (χ4v) is 6.73. The number of aromatic nitrogens is 1. The van der Waals surface area contributed by atoms with Gasteiger partial charge in [0.25, 0.3) is 11.5 Å². The summed E-state index contributed by atoms with van der Waals surface area (Å²) in [7, 11) is 1.57. The van der Waals surface area contributed by atoms with Gasteiger partial charge in [-0.2, -0.15) is 0 Å². The van der Waals surface area contributed by atoms with E-state index in [0.29, 0.717) is 43.7 Å². The Bertz CT molecular complexity index is 1960. The zero-order valence-electron chi connectivity index (χ0n) is 23.1. The molecule has 2 aliphatic rings. The van der Waals surface area contributed by atoms with E-state index in [1.54, 1.807) is 44.1 Å². The summed E-state index contributed by atoms with van der Waals surface area (Å²) >= 11 is 7.57. The lowest BCUT2D eigenvalue weighted by molar-refractivity contribution is -0.139. The highest BCUT2D eigenvalue weighted by molar-refractivity contribution is 7.07. The zero-order chi connectivity index (χ0) is 29.5. The van der Waals surface area contributed by atoms with Crippen LogP contribution in [0.1, 0.15) is 36.6 Å². The third-order valence-corrected chi connectivity index (χ3v) is 8.78. The number of ether oxygens (including phenoxy) is 2. The lowest BCUT2D eigenvalue weighted by atomic mass is 9.96. The molecule has 1 amide bonds. The van der Waals surface area contributed by atoms with E-state index in [4.69, 9.17) is 21.1 Å². The minimum absolute atomic E-state index is 0.173. The number of hydrogen-bond acceptors (Lipinski definition) is 7. The largest absolute Gasteiger partial charge is 0.497 e. The first-order valence-electron chi connectivity index (χ1n) is 13.3. The van der Waals surface area contributed by atoms with Crippen LogP contribution in [0.15, 0.2) is 93.9 Å². The summed E-state index contributed by atoms with van der Waals surface area (Å²) in [5.74, 6) is -0.215. The summed E-state index contributed by atoms with van der Waals surface area (Å²) in [6.07, 6.45) is 0. The van der Waals surface area contributed by atoms with Gasteiger partial charge < -0.3 is 14.4 Å². The first kappa shape index (κ1) is 27.7. The number of hydrogen-bond donors (Lipinski definition) is 0. The Hall–Kier alpha value is -4.47. The van der Waals surface area contributed by atoms with Gasteiger partial charge in [-0.1, -0.05) is 71.5 Å². The number of para-hydroxylation sites is 1. The molecule has 3 aromatic carbocycles. The number of esters is 1. The van der Waals surface area contributed by atoms with E-state index in [2.05, 4.69) is 4.99 Å². The molecule has 4 aromatic rings. The first-order chi connectivity index (χ1) is 20.3. The van der Waals surface area contributed by atoms with Gasteiger partial charge in [0.2, 0.25) is 0 Å². The van der Waals surface area contributed by atoms with Crippen LogP contribution in [0.2, 0.25) is 5.02 Å². The minimum Gasteiger partial charge on any atom is -0.497 e. The fraction of sp³-hybridized carbons (Fsp3) is 0.188. The Labute approximate surface area is 250 Å². The number of allylic oxidation sites excluding steroid dienone is 1. The molecule has 6 rings (SSSR count). The summed E-state index contributed by atoms with van der Waals surface area (Å²) in [6.45, 7) is 3.87. The number of benzene rings is 3. The molecule has 0 fully saturated rings. The number of methoxy groups -OCH3 is 1. The maximum absolute atomic E-state index is 14.3. The second-order valence-electron chi connectivity index (χ2n) is 9.77. The van der Waals surface area contributed by atoms with Crippen molar-refractivity contribution in [2.45, 2.75) is 26.4 Å². The van der Waals surface area contributed by atoms with Crippen molar-refractivity contribution in [1.82, 2.24) is 4.57 Å². The van der Waals surface area contributed by atoms with Crippen molar-refractivity contribution in [1.29, 1.82) is 0 Å². The molecule has 10 heteroatoms. The fourth-order valence-electron chi connectivity index (χ4n) is 5.40. The highest BCUT2D eigenvalue weighted by Gasteiger charge is 2.37. The number of halogens is 1. The normalized spacial score (nSPS) is 17.1. The van der Waals surface area contributed by atoms with Crippen LogP contribution >= 0.6 is 22.9 Å². The molecule has 1 atom stereocenters. The monoisotopic (exact) mass is 599 g/mol. The van der Waals surface area contributed by atoms with Crippen LogP contribution in [0, 0.1) is 0 Å². The predicted molar refractivity (Wildman–Crippen MR) is 161 cm³/mol. The van der Waals surface area contributed by atoms with Gasteiger partial charge in [-0.25, -0.2) is 9.79 Å². The van der Waals surface area contributed by atoms with Crippen LogP contribution in [0.25, 0.3) is 5.57 Å². The van der Waals surface area contributed by atoms with Crippen LogP contribution in [0.5, 0.6) is 5.75 Å². The van der Waals surface area contributed by atoms with Crippen molar-refractivity contribution in [3.63, 3.8) is 0 Å². The van der Waals surface area contributed by atoms with Crippen LogP contribution in [0.3, 0.4) is 0 Å². The molecule has 42 heavy (non-hydrogen) atoms. The topological polar surface area (TPSA) is 90.2 Å². The minimum atomic E-state index is -0.800. The average Bonchev–Trinajstić information content (AvgIpc) is 3.45. The molecular weight excluding hydrogens is 574 g/mol. The quantitative estimate of drug-likeness (QED) is 0.307. The smallest absolute Gasteiger partial charge is 0.338 e. The van der Waals surface area contributed by atoms with Crippen molar-refractivity contribution in [2.24, 2.45) is 4.99 Å². The van der Waals surface area contributed by atoms with E-state index in [0.717, 1.165) is 16.9 Å². The summed E-state index contributed by atoms with van der Waals surface area (Å²) < 4.78 is 12.4. The maximum Gasteiger partial charge on any atom is 0.338 e. The van der Waals surface area contributed by atoms with Crippen LogP contribution in [-0.2, 0) is 20.9 Å². The Kier molecular flexibility index (Phi) is 7.30. The lowest BCUT2D eigenvalue weighted by Gasteiger charge is -2.24. The molecule has 0 unspecified atom stereocenters. The summed E-state index contributed by atoms with van der Waals surface area (Å²) in [6, 6.07) is 21.1. The van der Waals surface area contributed by atoms with E-state index in [-0.39, 0.29) is 29.2 Å². The molecular formula is C32H26ClN3O5S. The number of fused-ring (bicyclic) bond motifs is 2. The second kappa shape index (κ2) is 11.1. The molecule has 0 saturated carbocycles. The number of anilines is 1. The Balaban J connectivity index is 1.57. The first-order valence-corrected chi connectivity index (χ1v) is 14.5. The van der Waals surface area contributed by atoms with E-state index in [1.807, 2.05) is 54.6 Å². The zero-order valence-corrected chi connectivity index (χ0v) is 24.7. The van der Waals surface area contributed by atoms with Gasteiger partial charge in [0, 0.05) is 10.6 Å². The third kappa shape index (κ3) is 4.55. The van der Waals surface area contributed by atoms with Gasteiger partial charge in [0.1, 0.15) is 10.3 Å². The molecule has 8 nitrogen and oxygen atoms in total. The van der Waals surface area contributed by atoms with Gasteiger partial charge in [-0.15, -0.1) is 0 Å². The van der Waals surface area contributed by atoms with E-state index < -0.39 is 17.6 Å². The highest BCUT2D eigenvalue weighted by atomic mass is 35.5. The summed E-state index contributed by atoms with van der Waals surface area (Å²) in [5.41, 5.74) is 3.43. The SMILES string of the molecule is CCOC(=O)C1=C(C)N=c2s/c(=C3/C(=O)N(Cc4ccccc4Cl)c4ccccc43)c(=O)n2[C@@H]1c1ccc(OC)cc1. The summed E-state index contributed by atoms with van der Waals surface area (Å²) in [4.78, 5) is 48.3. The van der Waals surface area contributed by atoms with Gasteiger partial charge in [-0.3, -0.25) is 14.2 Å². The number of rotatable bonds is 6. The molecule has 2 aliphatic heterocycles. The van der Waals surface area contributed by atoms with E-state index in [9.17, 15) is 14.4 Å². The van der Waals surface area contributed by atoms with Crippen LogP contribution in [-0.4, -0.2) is 30.2 Å². The Morgan fingerprint density at radius 3 is 2.45 bits per heavy atom. The van der Waals surface area contributed by atoms with Crippen molar-refractivity contribution >= 4 is 46.1 Å². The number of nitrogens with zero attached hydrogens (tertiary/aromatic N) is 3. The predicted octanol–water partition coefficient (Wildman–Crippen LogP) is 4.38. The number of thiazole rings is 1. The molecule has 0 bridgehead atoms. The van der Waals surface area contributed by atoms with Gasteiger partial charge in [0.15, 0.2) is 4.80 Å². The molecule has 0 spiro atoms. The number of amides is 1. The third-order valence-electron chi connectivity index (χ3n) is 7.36. The summed E-state index contributed by atoms with van der Waals surface area (Å²) in [5, 5.41) is 0.553. The van der Waals surface area contributed by atoms with Gasteiger partial charge >= 0.3 is 5.97 Å². The Morgan fingerprint density at radius 1 is 1.02 bits per heavy atom. The van der Waals surface area contributed by atoms with Crippen molar-refractivity contribution in [3.8, 4) is 5.75 Å². The highest BCUT2D eigenvalue weighted by Crippen LogP contribution is 2.37. The van der Waals surface area contributed by atoms with E-state index >= 15 is 0 Å². The molecule has 0 aliphatic carbocycles. The van der Waals surface area contributed by atoms with Crippen LogP contribution < -0.4 is 24.5 Å². The van der Waals surface area contributed by atoms with Crippen molar-refractivity contribution in [2.75, 3.05) is 18.6 Å². The molecule has 3 heterocycles. The lowest BCUT2D eigenvalue weighted by Crippen LogP contribution is -2.41. The Morgan fingerprint density at radius 2 is 1.74 bits per heavy atom.